The summed E-state index contributed by atoms with van der Waals surface area (Å²) >= 11 is 0. The van der Waals surface area contributed by atoms with Gasteiger partial charge in [-0.15, -0.1) is 0 Å². The summed E-state index contributed by atoms with van der Waals surface area (Å²) in [5.41, 5.74) is 0.180. The summed E-state index contributed by atoms with van der Waals surface area (Å²) < 4.78 is 33.2. The first kappa shape index (κ1) is 16.4. The van der Waals surface area contributed by atoms with Gasteiger partial charge < -0.3 is 10.1 Å². The fourth-order valence-corrected chi connectivity index (χ4v) is 2.90. The molecule has 0 heterocycles. The van der Waals surface area contributed by atoms with Crippen LogP contribution < -0.4 is 10.1 Å². The van der Waals surface area contributed by atoms with E-state index in [2.05, 4.69) is 5.32 Å². The fourth-order valence-electron chi connectivity index (χ4n) is 2.90. The van der Waals surface area contributed by atoms with Crippen LogP contribution in [0.25, 0.3) is 0 Å². The molecule has 0 radical (unpaired) electrons. The third-order valence-electron chi connectivity index (χ3n) is 4.58. The van der Waals surface area contributed by atoms with E-state index in [0.717, 1.165) is 6.92 Å². The van der Waals surface area contributed by atoms with Crippen molar-refractivity contribution in [3.63, 3.8) is 0 Å². The van der Waals surface area contributed by atoms with Crippen molar-refractivity contribution in [1.82, 2.24) is 5.32 Å². The van der Waals surface area contributed by atoms with Crippen molar-refractivity contribution in [3.05, 3.63) is 59.7 Å². The van der Waals surface area contributed by atoms with Crippen molar-refractivity contribution < 1.29 is 18.3 Å². The molecule has 0 bridgehead atoms. The Hall–Kier alpha value is -2.43. The summed E-state index contributed by atoms with van der Waals surface area (Å²) in [7, 11) is 1.57. The van der Waals surface area contributed by atoms with Gasteiger partial charge in [0.2, 0.25) is 0 Å². The highest BCUT2D eigenvalue weighted by molar-refractivity contribution is 5.94. The first-order chi connectivity index (χ1) is 11.4. The number of benzene rings is 2. The smallest absolute Gasteiger partial charge is 0.254 e. The molecule has 0 aromatic heterocycles. The molecule has 1 aliphatic rings. The lowest BCUT2D eigenvalue weighted by atomic mass is 9.90. The molecular weight excluding hydrogens is 312 g/mol. The molecule has 0 spiro atoms. The molecule has 1 N–H and O–H groups in total. The molecule has 0 atom stereocenters. The molecule has 126 valence electrons. The maximum atomic E-state index is 13.8. The second-order valence-corrected chi connectivity index (χ2v) is 6.20. The molecule has 0 saturated heterocycles. The summed E-state index contributed by atoms with van der Waals surface area (Å²) in [5, 5.41) is 2.55. The largest absolute Gasteiger partial charge is 0.457 e. The predicted octanol–water partition coefficient (Wildman–Crippen LogP) is 4.53. The van der Waals surface area contributed by atoms with E-state index >= 15 is 0 Å². The van der Waals surface area contributed by atoms with Gasteiger partial charge in [-0.2, -0.15) is 0 Å². The highest BCUT2D eigenvalue weighted by Gasteiger charge is 2.59. The van der Waals surface area contributed by atoms with Crippen LogP contribution in [0, 0.1) is 0 Å². The zero-order valence-electron chi connectivity index (χ0n) is 13.6. The van der Waals surface area contributed by atoms with E-state index in [0.29, 0.717) is 35.5 Å². The standard InChI is InChI=1S/C19H19F2NO2/c1-18(20,21)19(11-12-19)14-5-9-16(10-6-14)24-15-7-3-13(4-8-15)17(23)22-2/h3-10H,11-12H2,1-2H3,(H,22,23). The summed E-state index contributed by atoms with van der Waals surface area (Å²) in [4.78, 5) is 11.5. The maximum absolute atomic E-state index is 13.8. The molecule has 2 aromatic carbocycles. The van der Waals surface area contributed by atoms with E-state index in [1.54, 1.807) is 55.6 Å². The van der Waals surface area contributed by atoms with Crippen LogP contribution in [0.2, 0.25) is 0 Å². The minimum absolute atomic E-state index is 0.166. The van der Waals surface area contributed by atoms with Gasteiger partial charge in [0.15, 0.2) is 0 Å². The molecule has 1 aliphatic carbocycles. The van der Waals surface area contributed by atoms with Crippen LogP contribution in [0.15, 0.2) is 48.5 Å². The first-order valence-corrected chi connectivity index (χ1v) is 7.84. The van der Waals surface area contributed by atoms with E-state index in [1.807, 2.05) is 0 Å². The number of ether oxygens (including phenoxy) is 1. The normalized spacial score (nSPS) is 15.7. The minimum Gasteiger partial charge on any atom is -0.457 e. The molecule has 1 fully saturated rings. The Morgan fingerprint density at radius 1 is 1.04 bits per heavy atom. The Kier molecular flexibility index (Phi) is 4.03. The number of carbonyl (C=O) groups is 1. The molecule has 5 heteroatoms. The number of carbonyl (C=O) groups excluding carboxylic acids is 1. The van der Waals surface area contributed by atoms with Crippen LogP contribution in [-0.2, 0) is 5.41 Å². The molecular formula is C19H19F2NO2. The van der Waals surface area contributed by atoms with Crippen LogP contribution in [0.4, 0.5) is 8.78 Å². The van der Waals surface area contributed by atoms with Gasteiger partial charge >= 0.3 is 0 Å². The summed E-state index contributed by atoms with van der Waals surface area (Å²) in [6.07, 6.45) is 1.02. The van der Waals surface area contributed by atoms with Crippen molar-refractivity contribution in [2.24, 2.45) is 0 Å². The van der Waals surface area contributed by atoms with Gasteiger partial charge in [0.1, 0.15) is 11.5 Å². The number of rotatable bonds is 5. The molecule has 2 aromatic rings. The van der Waals surface area contributed by atoms with E-state index in [1.165, 1.54) is 0 Å². The third kappa shape index (κ3) is 2.98. The number of nitrogens with one attached hydrogen (secondary N) is 1. The zero-order valence-corrected chi connectivity index (χ0v) is 13.6. The lowest BCUT2D eigenvalue weighted by molar-refractivity contribution is -0.0200. The van der Waals surface area contributed by atoms with E-state index in [4.69, 9.17) is 4.74 Å². The highest BCUT2D eigenvalue weighted by atomic mass is 19.3. The van der Waals surface area contributed by atoms with Gasteiger partial charge in [-0.05, 0) is 54.8 Å². The molecule has 0 unspecified atom stereocenters. The summed E-state index contributed by atoms with van der Waals surface area (Å²) in [6, 6.07) is 13.5. The second-order valence-electron chi connectivity index (χ2n) is 6.20. The van der Waals surface area contributed by atoms with Crippen molar-refractivity contribution in [2.45, 2.75) is 31.1 Å². The van der Waals surface area contributed by atoms with E-state index in [-0.39, 0.29) is 5.91 Å². The highest BCUT2D eigenvalue weighted by Crippen LogP contribution is 2.58. The number of alkyl halides is 2. The Bertz CT molecular complexity index is 729. The lowest BCUT2D eigenvalue weighted by Crippen LogP contribution is -2.29. The van der Waals surface area contributed by atoms with Crippen LogP contribution in [0.3, 0.4) is 0 Å². The van der Waals surface area contributed by atoms with Crippen molar-refractivity contribution in [2.75, 3.05) is 7.05 Å². The molecule has 1 saturated carbocycles. The zero-order chi connectivity index (χ0) is 17.4. The number of hydrogen-bond acceptors (Lipinski definition) is 2. The predicted molar refractivity (Wildman–Crippen MR) is 87.9 cm³/mol. The monoisotopic (exact) mass is 331 g/mol. The average molecular weight is 331 g/mol. The Balaban J connectivity index is 1.72. The number of hydrogen-bond donors (Lipinski definition) is 1. The van der Waals surface area contributed by atoms with Gasteiger partial charge in [-0.25, -0.2) is 8.78 Å². The number of halogens is 2. The van der Waals surface area contributed by atoms with Crippen LogP contribution in [0.5, 0.6) is 11.5 Å². The first-order valence-electron chi connectivity index (χ1n) is 7.84. The molecule has 24 heavy (non-hydrogen) atoms. The van der Waals surface area contributed by atoms with Crippen LogP contribution in [-0.4, -0.2) is 18.9 Å². The van der Waals surface area contributed by atoms with Gasteiger partial charge in [-0.3, -0.25) is 4.79 Å². The quantitative estimate of drug-likeness (QED) is 0.874. The van der Waals surface area contributed by atoms with Gasteiger partial charge in [0.25, 0.3) is 11.8 Å². The van der Waals surface area contributed by atoms with Crippen LogP contribution >= 0.6 is 0 Å². The van der Waals surface area contributed by atoms with E-state index < -0.39 is 11.3 Å². The summed E-state index contributed by atoms with van der Waals surface area (Å²) in [5.74, 6) is -1.73. The van der Waals surface area contributed by atoms with Gasteiger partial charge in [-0.1, -0.05) is 12.1 Å². The van der Waals surface area contributed by atoms with Crippen molar-refractivity contribution in [3.8, 4) is 11.5 Å². The maximum Gasteiger partial charge on any atom is 0.254 e. The second kappa shape index (κ2) is 5.89. The lowest BCUT2D eigenvalue weighted by Gasteiger charge is -2.23. The summed E-state index contributed by atoms with van der Waals surface area (Å²) in [6.45, 7) is 0.985. The SMILES string of the molecule is CNC(=O)c1ccc(Oc2ccc(C3(C(C)(F)F)CC3)cc2)cc1. The fraction of sp³-hybridized carbons (Fsp3) is 0.316. The molecule has 3 nitrogen and oxygen atoms in total. The Morgan fingerprint density at radius 2 is 1.54 bits per heavy atom. The molecule has 1 amide bonds. The topological polar surface area (TPSA) is 38.3 Å². The Labute approximate surface area is 139 Å². The molecule has 0 aliphatic heterocycles. The van der Waals surface area contributed by atoms with Gasteiger partial charge in [0, 0.05) is 19.5 Å². The minimum atomic E-state index is -2.72. The third-order valence-corrected chi connectivity index (χ3v) is 4.58. The van der Waals surface area contributed by atoms with Crippen molar-refractivity contribution >= 4 is 5.91 Å². The number of amides is 1. The average Bonchev–Trinajstić information content (AvgIpc) is 3.37. The van der Waals surface area contributed by atoms with Crippen molar-refractivity contribution in [1.29, 1.82) is 0 Å². The Morgan fingerprint density at radius 3 is 1.96 bits per heavy atom. The van der Waals surface area contributed by atoms with Gasteiger partial charge in [0.05, 0.1) is 5.41 Å². The van der Waals surface area contributed by atoms with Crippen LogP contribution in [0.1, 0.15) is 35.7 Å². The molecule has 3 rings (SSSR count). The van der Waals surface area contributed by atoms with E-state index in [9.17, 15) is 13.6 Å².